The summed E-state index contributed by atoms with van der Waals surface area (Å²) >= 11 is 17.8. The van der Waals surface area contributed by atoms with Gasteiger partial charge in [-0.1, -0.05) is 48.0 Å². The van der Waals surface area contributed by atoms with Crippen LogP contribution in [0.25, 0.3) is 11.1 Å². The van der Waals surface area contributed by atoms with Crippen molar-refractivity contribution in [2.45, 2.75) is 4.84 Å². The van der Waals surface area contributed by atoms with Crippen molar-refractivity contribution in [2.75, 3.05) is 0 Å². The summed E-state index contributed by atoms with van der Waals surface area (Å²) in [6.07, 6.45) is 0. The number of benzene rings is 2. The van der Waals surface area contributed by atoms with Gasteiger partial charge in [0.15, 0.2) is 0 Å². The molecule has 0 aliphatic carbocycles. The van der Waals surface area contributed by atoms with E-state index in [1.54, 1.807) is 0 Å². The van der Waals surface area contributed by atoms with E-state index in [2.05, 4.69) is 0 Å². The summed E-state index contributed by atoms with van der Waals surface area (Å²) in [7, 11) is 0. The van der Waals surface area contributed by atoms with Crippen molar-refractivity contribution in [3.05, 3.63) is 59.1 Å². The van der Waals surface area contributed by atoms with Crippen LogP contribution in [0.1, 0.15) is 10.4 Å². The van der Waals surface area contributed by atoms with E-state index >= 15 is 0 Å². The maximum atomic E-state index is 5.96. The minimum absolute atomic E-state index is 0.532. The molecule has 0 aliphatic rings. The molecule has 0 saturated heterocycles. The van der Waals surface area contributed by atoms with E-state index in [0.29, 0.717) is 5.02 Å². The Morgan fingerprint density at radius 3 is 2.31 bits per heavy atom. The lowest BCUT2D eigenvalue weighted by Gasteiger charge is -2.10. The first-order valence-electron chi connectivity index (χ1n) is 4.81. The third kappa shape index (κ3) is 2.52. The van der Waals surface area contributed by atoms with Gasteiger partial charge >= 0.3 is 0 Å². The highest BCUT2D eigenvalue weighted by Crippen LogP contribution is 2.34. The zero-order valence-corrected chi connectivity index (χ0v) is 10.6. The molecule has 0 N–H and O–H groups in total. The standard InChI is InChI=1S/C13H9Cl3/c14-10-5-3-4-9(8-10)11-6-1-2-7-12(11)13(15)16/h1-8,13H. The molecule has 0 aromatic heterocycles. The molecular formula is C13H9Cl3. The Kier molecular flexibility index (Phi) is 3.75. The highest BCUT2D eigenvalue weighted by atomic mass is 35.5. The highest BCUT2D eigenvalue weighted by Gasteiger charge is 2.10. The topological polar surface area (TPSA) is 0 Å². The summed E-state index contributed by atoms with van der Waals surface area (Å²) in [4.78, 5) is -0.532. The molecule has 0 fully saturated rings. The predicted octanol–water partition coefficient (Wildman–Crippen LogP) is 5.48. The molecule has 82 valence electrons. The fraction of sp³-hybridized carbons (Fsp3) is 0.0769. The van der Waals surface area contributed by atoms with Crippen LogP contribution >= 0.6 is 34.8 Å². The van der Waals surface area contributed by atoms with Gasteiger partial charge in [-0.15, -0.1) is 23.2 Å². The molecule has 0 bridgehead atoms. The van der Waals surface area contributed by atoms with E-state index in [0.717, 1.165) is 16.7 Å². The second kappa shape index (κ2) is 5.09. The van der Waals surface area contributed by atoms with Crippen LogP contribution in [0.15, 0.2) is 48.5 Å². The van der Waals surface area contributed by atoms with Crippen LogP contribution in [0, 0.1) is 0 Å². The van der Waals surface area contributed by atoms with Crippen molar-refractivity contribution in [3.63, 3.8) is 0 Å². The van der Waals surface area contributed by atoms with Crippen LogP contribution in [0.2, 0.25) is 5.02 Å². The smallest absolute Gasteiger partial charge is 0.100 e. The number of alkyl halides is 2. The molecule has 0 nitrogen and oxygen atoms in total. The third-order valence-corrected chi connectivity index (χ3v) is 3.04. The Balaban J connectivity index is 2.55. The molecule has 0 aliphatic heterocycles. The van der Waals surface area contributed by atoms with Crippen molar-refractivity contribution in [3.8, 4) is 11.1 Å². The quantitative estimate of drug-likeness (QED) is 0.634. The third-order valence-electron chi connectivity index (χ3n) is 2.33. The van der Waals surface area contributed by atoms with Gasteiger partial charge < -0.3 is 0 Å². The van der Waals surface area contributed by atoms with Gasteiger partial charge in [0.1, 0.15) is 4.84 Å². The van der Waals surface area contributed by atoms with Crippen molar-refractivity contribution in [1.29, 1.82) is 0 Å². The van der Waals surface area contributed by atoms with Gasteiger partial charge in [-0.05, 0) is 28.8 Å². The molecule has 0 saturated carbocycles. The Morgan fingerprint density at radius 1 is 0.875 bits per heavy atom. The molecule has 0 heterocycles. The lowest BCUT2D eigenvalue weighted by molar-refractivity contribution is 1.35. The van der Waals surface area contributed by atoms with Crippen molar-refractivity contribution in [2.24, 2.45) is 0 Å². The Bertz CT molecular complexity index is 492. The minimum Gasteiger partial charge on any atom is -0.100 e. The molecule has 0 atom stereocenters. The van der Waals surface area contributed by atoms with E-state index < -0.39 is 4.84 Å². The summed E-state index contributed by atoms with van der Waals surface area (Å²) in [6, 6.07) is 15.4. The number of hydrogen-bond donors (Lipinski definition) is 0. The van der Waals surface area contributed by atoms with Gasteiger partial charge in [-0.25, -0.2) is 0 Å². The lowest BCUT2D eigenvalue weighted by atomic mass is 10.0. The first-order valence-corrected chi connectivity index (χ1v) is 6.06. The van der Waals surface area contributed by atoms with E-state index in [9.17, 15) is 0 Å². The van der Waals surface area contributed by atoms with Gasteiger partial charge in [-0.3, -0.25) is 0 Å². The molecule has 0 unspecified atom stereocenters. The van der Waals surface area contributed by atoms with E-state index in [-0.39, 0.29) is 0 Å². The highest BCUT2D eigenvalue weighted by molar-refractivity contribution is 6.44. The van der Waals surface area contributed by atoms with Crippen molar-refractivity contribution < 1.29 is 0 Å². The number of hydrogen-bond acceptors (Lipinski definition) is 0. The van der Waals surface area contributed by atoms with Gasteiger partial charge in [0.25, 0.3) is 0 Å². The summed E-state index contributed by atoms with van der Waals surface area (Å²) in [5.41, 5.74) is 2.93. The van der Waals surface area contributed by atoms with Crippen LogP contribution in [-0.2, 0) is 0 Å². The van der Waals surface area contributed by atoms with Gasteiger partial charge in [0, 0.05) is 5.02 Å². The summed E-state index contributed by atoms with van der Waals surface area (Å²) < 4.78 is 0. The Hall–Kier alpha value is -0.690. The van der Waals surface area contributed by atoms with Crippen LogP contribution in [0.3, 0.4) is 0 Å². The van der Waals surface area contributed by atoms with E-state index in [1.165, 1.54) is 0 Å². The zero-order chi connectivity index (χ0) is 11.5. The summed E-state index contributed by atoms with van der Waals surface area (Å²) in [5.74, 6) is 0. The molecular weight excluding hydrogens is 263 g/mol. The normalized spacial score (nSPS) is 10.8. The van der Waals surface area contributed by atoms with Crippen LogP contribution in [0.4, 0.5) is 0 Å². The van der Waals surface area contributed by atoms with Crippen LogP contribution < -0.4 is 0 Å². The fourth-order valence-electron chi connectivity index (χ4n) is 1.61. The van der Waals surface area contributed by atoms with Crippen LogP contribution in [0.5, 0.6) is 0 Å². The average Bonchev–Trinajstić information content (AvgIpc) is 2.29. The van der Waals surface area contributed by atoms with Crippen LogP contribution in [-0.4, -0.2) is 0 Å². The second-order valence-corrected chi connectivity index (χ2v) is 4.93. The molecule has 0 radical (unpaired) electrons. The Labute approximate surface area is 110 Å². The molecule has 2 rings (SSSR count). The minimum atomic E-state index is -0.532. The van der Waals surface area contributed by atoms with E-state index in [4.69, 9.17) is 34.8 Å². The average molecular weight is 272 g/mol. The Morgan fingerprint density at radius 2 is 1.62 bits per heavy atom. The van der Waals surface area contributed by atoms with Gasteiger partial charge in [0.05, 0.1) is 0 Å². The predicted molar refractivity (Wildman–Crippen MR) is 71.3 cm³/mol. The first-order chi connectivity index (χ1) is 7.68. The zero-order valence-electron chi connectivity index (χ0n) is 8.33. The maximum absolute atomic E-state index is 5.96. The monoisotopic (exact) mass is 270 g/mol. The van der Waals surface area contributed by atoms with E-state index in [1.807, 2.05) is 48.5 Å². The first kappa shape index (κ1) is 11.8. The van der Waals surface area contributed by atoms with Gasteiger partial charge in [0.2, 0.25) is 0 Å². The molecule has 0 spiro atoms. The summed E-state index contributed by atoms with van der Waals surface area (Å²) in [5, 5.41) is 0.702. The molecule has 2 aromatic rings. The van der Waals surface area contributed by atoms with Crippen molar-refractivity contribution in [1.82, 2.24) is 0 Å². The fourth-order valence-corrected chi connectivity index (χ4v) is 2.18. The molecule has 16 heavy (non-hydrogen) atoms. The number of rotatable bonds is 2. The molecule has 3 heteroatoms. The lowest BCUT2D eigenvalue weighted by Crippen LogP contribution is -1.87. The summed E-state index contributed by atoms with van der Waals surface area (Å²) in [6.45, 7) is 0. The molecule has 2 aromatic carbocycles. The number of halogens is 3. The second-order valence-electron chi connectivity index (χ2n) is 3.40. The van der Waals surface area contributed by atoms with Gasteiger partial charge in [-0.2, -0.15) is 0 Å². The largest absolute Gasteiger partial charge is 0.133 e. The van der Waals surface area contributed by atoms with Crippen molar-refractivity contribution >= 4 is 34.8 Å². The molecule has 0 amide bonds. The SMILES string of the molecule is Clc1cccc(-c2ccccc2C(Cl)Cl)c1. The maximum Gasteiger partial charge on any atom is 0.133 e.